The molecule has 4 rings (SSSR count). The topological polar surface area (TPSA) is 28.2 Å². The van der Waals surface area contributed by atoms with Gasteiger partial charge in [0.15, 0.2) is 0 Å². The Morgan fingerprint density at radius 3 is 2.82 bits per heavy atom. The Labute approximate surface area is 103 Å². The Morgan fingerprint density at radius 2 is 2.18 bits per heavy atom. The Hall–Kier alpha value is -0.930. The molecule has 3 heteroatoms. The van der Waals surface area contributed by atoms with Gasteiger partial charge in [0.25, 0.3) is 0 Å². The number of pyridine rings is 1. The molecule has 0 saturated carbocycles. The van der Waals surface area contributed by atoms with Crippen molar-refractivity contribution < 1.29 is 0 Å². The van der Waals surface area contributed by atoms with E-state index in [4.69, 9.17) is 0 Å². The van der Waals surface area contributed by atoms with E-state index in [-0.39, 0.29) is 0 Å². The van der Waals surface area contributed by atoms with Crippen LogP contribution in [0.1, 0.15) is 25.0 Å². The van der Waals surface area contributed by atoms with Gasteiger partial charge in [-0.15, -0.1) is 0 Å². The Morgan fingerprint density at radius 1 is 1.29 bits per heavy atom. The number of nitrogens with one attached hydrogen (secondary N) is 1. The molecule has 0 spiro atoms. The number of hydrogen-bond acceptors (Lipinski definition) is 3. The van der Waals surface area contributed by atoms with Gasteiger partial charge in [-0.1, -0.05) is 6.07 Å². The monoisotopic (exact) mass is 231 g/mol. The summed E-state index contributed by atoms with van der Waals surface area (Å²) in [4.78, 5) is 6.99. The van der Waals surface area contributed by atoms with Crippen molar-refractivity contribution in [3.05, 3.63) is 30.1 Å². The van der Waals surface area contributed by atoms with E-state index in [9.17, 15) is 0 Å². The molecule has 3 aliphatic heterocycles. The maximum absolute atomic E-state index is 4.33. The maximum Gasteiger partial charge on any atom is 0.0541 e. The number of aromatic nitrogens is 1. The molecule has 0 radical (unpaired) electrons. The fourth-order valence-electron chi connectivity index (χ4n) is 3.17. The molecule has 1 N–H and O–H groups in total. The van der Waals surface area contributed by atoms with Crippen LogP contribution in [-0.2, 0) is 6.54 Å². The van der Waals surface area contributed by atoms with Crippen LogP contribution in [0.15, 0.2) is 24.4 Å². The van der Waals surface area contributed by atoms with Crippen LogP contribution in [0.3, 0.4) is 0 Å². The van der Waals surface area contributed by atoms with Gasteiger partial charge in [-0.05, 0) is 50.4 Å². The number of rotatable bonds is 4. The molecule has 0 amide bonds. The standard InChI is InChI=1S/C14H21N3/c1-2-6-16-13(3-1)10-15-11-14-9-12-4-7-17(14)8-5-12/h1-3,6,12,14-15H,4-5,7-11H2. The Balaban J connectivity index is 1.46. The first kappa shape index (κ1) is 11.2. The lowest BCUT2D eigenvalue weighted by atomic mass is 9.83. The summed E-state index contributed by atoms with van der Waals surface area (Å²) in [7, 11) is 0. The van der Waals surface area contributed by atoms with Crippen LogP contribution >= 0.6 is 0 Å². The number of nitrogens with zero attached hydrogens (tertiary/aromatic N) is 2. The second-order valence-electron chi connectivity index (χ2n) is 5.32. The van der Waals surface area contributed by atoms with Crippen molar-refractivity contribution in [2.75, 3.05) is 19.6 Å². The summed E-state index contributed by atoms with van der Waals surface area (Å²) < 4.78 is 0. The van der Waals surface area contributed by atoms with E-state index >= 15 is 0 Å². The molecule has 4 heterocycles. The Kier molecular flexibility index (Phi) is 3.39. The highest BCUT2D eigenvalue weighted by molar-refractivity contribution is 5.03. The normalized spacial score (nSPS) is 31.6. The number of fused-ring (bicyclic) bond motifs is 3. The SMILES string of the molecule is c1ccc(CNCC2CC3CCN2CC3)nc1. The molecule has 3 saturated heterocycles. The first-order valence-corrected chi connectivity index (χ1v) is 6.76. The minimum absolute atomic E-state index is 0.770. The van der Waals surface area contributed by atoms with Crippen LogP contribution in [0.4, 0.5) is 0 Å². The lowest BCUT2D eigenvalue weighted by Crippen LogP contribution is -2.52. The van der Waals surface area contributed by atoms with Crippen LogP contribution in [0.5, 0.6) is 0 Å². The zero-order chi connectivity index (χ0) is 11.5. The summed E-state index contributed by atoms with van der Waals surface area (Å²) in [6.45, 7) is 4.66. The van der Waals surface area contributed by atoms with Gasteiger partial charge < -0.3 is 5.32 Å². The number of piperidine rings is 3. The molecular weight excluding hydrogens is 210 g/mol. The quantitative estimate of drug-likeness (QED) is 0.854. The summed E-state index contributed by atoms with van der Waals surface area (Å²) in [6.07, 6.45) is 6.12. The molecule has 3 nitrogen and oxygen atoms in total. The fourth-order valence-corrected chi connectivity index (χ4v) is 3.17. The molecule has 1 aromatic rings. The summed E-state index contributed by atoms with van der Waals surface area (Å²) >= 11 is 0. The van der Waals surface area contributed by atoms with Crippen molar-refractivity contribution in [2.45, 2.75) is 31.8 Å². The van der Waals surface area contributed by atoms with Crippen molar-refractivity contribution in [2.24, 2.45) is 5.92 Å². The molecule has 92 valence electrons. The van der Waals surface area contributed by atoms with E-state index in [0.29, 0.717) is 0 Å². The highest BCUT2D eigenvalue weighted by Crippen LogP contribution is 2.31. The minimum atomic E-state index is 0.770. The molecular formula is C14H21N3. The van der Waals surface area contributed by atoms with Gasteiger partial charge in [0.1, 0.15) is 0 Å². The molecule has 1 aromatic heterocycles. The summed E-state index contributed by atoms with van der Waals surface area (Å²) in [5.41, 5.74) is 1.14. The van der Waals surface area contributed by atoms with E-state index in [2.05, 4.69) is 27.3 Å². The lowest BCUT2D eigenvalue weighted by molar-refractivity contribution is 0.0495. The van der Waals surface area contributed by atoms with Crippen LogP contribution in [0, 0.1) is 5.92 Å². The van der Waals surface area contributed by atoms with Crippen LogP contribution < -0.4 is 5.32 Å². The summed E-state index contributed by atoms with van der Waals surface area (Å²) in [5, 5.41) is 3.55. The van der Waals surface area contributed by atoms with Crippen molar-refractivity contribution in [3.8, 4) is 0 Å². The number of hydrogen-bond donors (Lipinski definition) is 1. The van der Waals surface area contributed by atoms with Gasteiger partial charge in [0.05, 0.1) is 5.69 Å². The van der Waals surface area contributed by atoms with Crippen LogP contribution in [0.25, 0.3) is 0 Å². The van der Waals surface area contributed by atoms with Gasteiger partial charge in [0, 0.05) is 25.3 Å². The molecule has 2 bridgehead atoms. The third-order valence-electron chi connectivity index (χ3n) is 4.18. The van der Waals surface area contributed by atoms with Gasteiger partial charge in [-0.2, -0.15) is 0 Å². The van der Waals surface area contributed by atoms with E-state index in [1.54, 1.807) is 0 Å². The van der Waals surface area contributed by atoms with E-state index in [1.807, 2.05) is 12.3 Å². The predicted molar refractivity (Wildman–Crippen MR) is 68.6 cm³/mol. The second-order valence-corrected chi connectivity index (χ2v) is 5.32. The largest absolute Gasteiger partial charge is 0.310 e. The van der Waals surface area contributed by atoms with Crippen molar-refractivity contribution in [1.29, 1.82) is 0 Å². The van der Waals surface area contributed by atoms with E-state index < -0.39 is 0 Å². The van der Waals surface area contributed by atoms with E-state index in [1.165, 1.54) is 32.4 Å². The Bertz CT molecular complexity index is 344. The minimum Gasteiger partial charge on any atom is -0.310 e. The first-order valence-electron chi connectivity index (χ1n) is 6.76. The third kappa shape index (κ3) is 2.67. The average molecular weight is 231 g/mol. The molecule has 0 aliphatic carbocycles. The average Bonchev–Trinajstić information content (AvgIpc) is 2.41. The zero-order valence-electron chi connectivity index (χ0n) is 10.3. The molecule has 3 fully saturated rings. The van der Waals surface area contributed by atoms with Crippen molar-refractivity contribution in [1.82, 2.24) is 15.2 Å². The second kappa shape index (κ2) is 5.15. The van der Waals surface area contributed by atoms with Gasteiger partial charge in [-0.25, -0.2) is 0 Å². The maximum atomic E-state index is 4.33. The molecule has 3 aliphatic rings. The smallest absolute Gasteiger partial charge is 0.0541 e. The molecule has 1 unspecified atom stereocenters. The molecule has 17 heavy (non-hydrogen) atoms. The highest BCUT2D eigenvalue weighted by Gasteiger charge is 2.32. The van der Waals surface area contributed by atoms with Crippen LogP contribution in [-0.4, -0.2) is 35.6 Å². The third-order valence-corrected chi connectivity index (χ3v) is 4.18. The lowest BCUT2D eigenvalue weighted by Gasteiger charge is -2.45. The van der Waals surface area contributed by atoms with Gasteiger partial charge in [-0.3, -0.25) is 9.88 Å². The zero-order valence-corrected chi connectivity index (χ0v) is 10.3. The summed E-state index contributed by atoms with van der Waals surface area (Å²) in [6, 6.07) is 6.87. The highest BCUT2D eigenvalue weighted by atomic mass is 15.2. The van der Waals surface area contributed by atoms with Crippen molar-refractivity contribution in [3.63, 3.8) is 0 Å². The van der Waals surface area contributed by atoms with Crippen LogP contribution in [0.2, 0.25) is 0 Å². The van der Waals surface area contributed by atoms with Gasteiger partial charge >= 0.3 is 0 Å². The summed E-state index contributed by atoms with van der Waals surface area (Å²) in [5.74, 6) is 1.00. The molecule has 0 aromatic carbocycles. The predicted octanol–water partition coefficient (Wildman–Crippen LogP) is 1.66. The van der Waals surface area contributed by atoms with Gasteiger partial charge in [0.2, 0.25) is 0 Å². The molecule has 1 atom stereocenters. The van der Waals surface area contributed by atoms with E-state index in [0.717, 1.165) is 30.7 Å². The van der Waals surface area contributed by atoms with Crippen molar-refractivity contribution >= 4 is 0 Å². The first-order chi connectivity index (χ1) is 8.42. The fraction of sp³-hybridized carbons (Fsp3) is 0.643.